The summed E-state index contributed by atoms with van der Waals surface area (Å²) in [6.45, 7) is 3.08. The van der Waals surface area contributed by atoms with Gasteiger partial charge in [-0.25, -0.2) is 4.57 Å². The van der Waals surface area contributed by atoms with E-state index in [0.717, 1.165) is 18.0 Å². The first-order valence-electron chi connectivity index (χ1n) is 6.93. The molecule has 110 valence electrons. The lowest BCUT2D eigenvalue weighted by Crippen LogP contribution is -2.25. The number of hydrogen-bond donors (Lipinski definition) is 2. The van der Waals surface area contributed by atoms with Crippen LogP contribution in [0.1, 0.15) is 18.1 Å². The van der Waals surface area contributed by atoms with Gasteiger partial charge in [0.15, 0.2) is 12.4 Å². The van der Waals surface area contributed by atoms with Crippen molar-refractivity contribution in [3.05, 3.63) is 59.9 Å². The number of anilines is 1. The highest BCUT2D eigenvalue weighted by molar-refractivity contribution is 8.68. The van der Waals surface area contributed by atoms with E-state index in [1.165, 1.54) is 16.7 Å². The highest BCUT2D eigenvalue weighted by Crippen LogP contribution is 2.18. The van der Waals surface area contributed by atoms with Crippen molar-refractivity contribution in [1.82, 2.24) is 0 Å². The summed E-state index contributed by atoms with van der Waals surface area (Å²) in [5, 5.41) is 3.37. The minimum Gasteiger partial charge on any atom is -0.384 e. The maximum atomic E-state index is 4.13. The van der Waals surface area contributed by atoms with Gasteiger partial charge < -0.3 is 5.32 Å². The van der Waals surface area contributed by atoms with E-state index >= 15 is 0 Å². The summed E-state index contributed by atoms with van der Waals surface area (Å²) in [5.74, 6) is 0.995. The van der Waals surface area contributed by atoms with Crippen molar-refractivity contribution >= 4 is 39.8 Å². The molecule has 0 saturated carbocycles. The smallest absolute Gasteiger partial charge is 0.169 e. The second-order valence-corrected chi connectivity index (χ2v) is 6.40. The van der Waals surface area contributed by atoms with Crippen molar-refractivity contribution in [2.75, 3.05) is 17.6 Å². The van der Waals surface area contributed by atoms with Crippen LogP contribution >= 0.6 is 22.5 Å². The van der Waals surface area contributed by atoms with E-state index in [2.05, 4.69) is 78.8 Å². The predicted molar refractivity (Wildman–Crippen MR) is 97.5 cm³/mol. The SMILES string of the molecule is C/C(=C\c1ccc(NCCSS)cc1)c1cc[n+](C)cc1. The summed E-state index contributed by atoms with van der Waals surface area (Å²) < 4.78 is 2.04. The molecule has 0 amide bonds. The summed E-state index contributed by atoms with van der Waals surface area (Å²) in [4.78, 5) is 0. The van der Waals surface area contributed by atoms with Crippen LogP contribution in [-0.4, -0.2) is 12.3 Å². The normalized spacial score (nSPS) is 11.5. The molecule has 0 saturated heterocycles. The number of nitrogens with one attached hydrogen (secondary N) is 1. The number of rotatable bonds is 6. The molecule has 1 heterocycles. The Labute approximate surface area is 136 Å². The molecule has 4 heteroatoms. The minimum absolute atomic E-state index is 0.934. The predicted octanol–water partition coefficient (Wildman–Crippen LogP) is 4.06. The molecule has 0 atom stereocenters. The minimum atomic E-state index is 0.934. The fourth-order valence-corrected chi connectivity index (χ4v) is 2.50. The van der Waals surface area contributed by atoms with E-state index < -0.39 is 0 Å². The van der Waals surface area contributed by atoms with E-state index in [0.29, 0.717) is 0 Å². The molecular weight excluding hydrogens is 296 g/mol. The molecular formula is C17H21N2S2+. The third-order valence-corrected chi connectivity index (χ3v) is 4.18. The Bertz CT molecular complexity index is 589. The summed E-state index contributed by atoms with van der Waals surface area (Å²) >= 11 is 4.13. The monoisotopic (exact) mass is 317 g/mol. The third kappa shape index (κ3) is 5.14. The second-order valence-electron chi connectivity index (χ2n) is 4.96. The van der Waals surface area contributed by atoms with Crippen molar-refractivity contribution in [3.8, 4) is 0 Å². The van der Waals surface area contributed by atoms with Crippen LogP contribution in [-0.2, 0) is 7.05 Å². The number of pyridine rings is 1. The molecule has 0 aliphatic rings. The molecule has 2 rings (SSSR count). The second kappa shape index (κ2) is 8.15. The Balaban J connectivity index is 2.04. The molecule has 1 N–H and O–H groups in total. The van der Waals surface area contributed by atoms with Crippen molar-refractivity contribution in [1.29, 1.82) is 0 Å². The Morgan fingerprint density at radius 2 is 1.86 bits per heavy atom. The average molecular weight is 318 g/mol. The number of aryl methyl sites for hydroxylation is 1. The first-order valence-corrected chi connectivity index (χ1v) is 8.97. The van der Waals surface area contributed by atoms with Gasteiger partial charge in [-0.05, 0) is 35.8 Å². The van der Waals surface area contributed by atoms with Gasteiger partial charge in [-0.1, -0.05) is 29.0 Å². The van der Waals surface area contributed by atoms with Gasteiger partial charge in [-0.2, -0.15) is 0 Å². The third-order valence-electron chi connectivity index (χ3n) is 3.25. The number of aromatic nitrogens is 1. The molecule has 0 bridgehead atoms. The molecule has 0 unspecified atom stereocenters. The molecule has 0 spiro atoms. The Kier molecular flexibility index (Phi) is 6.21. The largest absolute Gasteiger partial charge is 0.384 e. The highest BCUT2D eigenvalue weighted by atomic mass is 33.1. The molecule has 21 heavy (non-hydrogen) atoms. The van der Waals surface area contributed by atoms with Crippen LogP contribution in [0.5, 0.6) is 0 Å². The molecule has 0 aliphatic carbocycles. The summed E-state index contributed by atoms with van der Waals surface area (Å²) in [7, 11) is 3.58. The number of benzene rings is 1. The van der Waals surface area contributed by atoms with Gasteiger partial charge in [0.2, 0.25) is 0 Å². The summed E-state index contributed by atoms with van der Waals surface area (Å²) in [6, 6.07) is 12.8. The lowest BCUT2D eigenvalue weighted by Gasteiger charge is -2.06. The molecule has 2 aromatic rings. The maximum absolute atomic E-state index is 4.13. The fraction of sp³-hybridized carbons (Fsp3) is 0.235. The van der Waals surface area contributed by atoms with Crippen LogP contribution < -0.4 is 9.88 Å². The molecule has 0 radical (unpaired) electrons. The van der Waals surface area contributed by atoms with Gasteiger partial charge >= 0.3 is 0 Å². The van der Waals surface area contributed by atoms with Gasteiger partial charge in [0.05, 0.1) is 0 Å². The van der Waals surface area contributed by atoms with Gasteiger partial charge in [0.25, 0.3) is 0 Å². The van der Waals surface area contributed by atoms with Gasteiger partial charge in [0, 0.05) is 30.1 Å². The summed E-state index contributed by atoms with van der Waals surface area (Å²) in [5.41, 5.74) is 4.89. The van der Waals surface area contributed by atoms with Gasteiger partial charge in [-0.15, -0.1) is 11.7 Å². The molecule has 1 aromatic heterocycles. The quantitative estimate of drug-likeness (QED) is 0.362. The van der Waals surface area contributed by atoms with E-state index in [9.17, 15) is 0 Å². The number of allylic oxidation sites excluding steroid dienone is 1. The highest BCUT2D eigenvalue weighted by Gasteiger charge is 1.99. The van der Waals surface area contributed by atoms with E-state index in [4.69, 9.17) is 0 Å². The fourth-order valence-electron chi connectivity index (χ4n) is 2.04. The van der Waals surface area contributed by atoms with Crippen molar-refractivity contribution < 1.29 is 4.57 Å². The average Bonchev–Trinajstić information content (AvgIpc) is 2.50. The maximum Gasteiger partial charge on any atom is 0.169 e. The van der Waals surface area contributed by atoms with Crippen molar-refractivity contribution in [2.24, 2.45) is 7.05 Å². The Morgan fingerprint density at radius 3 is 2.48 bits per heavy atom. The van der Waals surface area contributed by atoms with Crippen LogP contribution in [0, 0.1) is 0 Å². The zero-order chi connectivity index (χ0) is 15.1. The van der Waals surface area contributed by atoms with Gasteiger partial charge in [-0.3, -0.25) is 0 Å². The van der Waals surface area contributed by atoms with Crippen molar-refractivity contribution in [2.45, 2.75) is 6.92 Å². The molecule has 0 fully saturated rings. The molecule has 2 nitrogen and oxygen atoms in total. The number of nitrogens with zero attached hydrogens (tertiary/aromatic N) is 1. The number of thiol groups is 1. The zero-order valence-electron chi connectivity index (χ0n) is 12.4. The first kappa shape index (κ1) is 16.0. The van der Waals surface area contributed by atoms with E-state index in [1.54, 1.807) is 10.8 Å². The summed E-state index contributed by atoms with van der Waals surface area (Å²) in [6.07, 6.45) is 6.35. The van der Waals surface area contributed by atoms with Crippen LogP contribution in [0.3, 0.4) is 0 Å². The molecule has 1 aromatic carbocycles. The lowest BCUT2D eigenvalue weighted by atomic mass is 10.1. The van der Waals surface area contributed by atoms with Crippen LogP contribution in [0.25, 0.3) is 11.6 Å². The Morgan fingerprint density at radius 1 is 1.19 bits per heavy atom. The lowest BCUT2D eigenvalue weighted by molar-refractivity contribution is -0.671. The number of hydrogen-bond acceptors (Lipinski definition) is 3. The Hall–Kier alpha value is -1.39. The topological polar surface area (TPSA) is 15.9 Å². The zero-order valence-corrected chi connectivity index (χ0v) is 14.1. The van der Waals surface area contributed by atoms with Gasteiger partial charge in [0.1, 0.15) is 7.05 Å². The standard InChI is InChI=1S/C17H20N2S2/c1-14(16-7-10-19(2)11-8-16)13-15-3-5-17(6-4-15)18-9-12-21-20/h3-8,10-11,13,20H,9,12H2,1-2H3/p+1. The van der Waals surface area contributed by atoms with Crippen LogP contribution in [0.2, 0.25) is 0 Å². The van der Waals surface area contributed by atoms with E-state index in [-0.39, 0.29) is 0 Å². The molecule has 0 aliphatic heterocycles. The first-order chi connectivity index (χ1) is 10.2. The van der Waals surface area contributed by atoms with Crippen LogP contribution in [0.4, 0.5) is 5.69 Å². The van der Waals surface area contributed by atoms with Crippen molar-refractivity contribution in [3.63, 3.8) is 0 Å². The van der Waals surface area contributed by atoms with E-state index in [1.807, 2.05) is 11.6 Å². The van der Waals surface area contributed by atoms with Crippen LogP contribution in [0.15, 0.2) is 48.8 Å².